The first-order valence-electron chi connectivity index (χ1n) is 9.63. The Morgan fingerprint density at radius 2 is 2.15 bits per heavy atom. The second-order valence-electron chi connectivity index (χ2n) is 7.05. The van der Waals surface area contributed by atoms with E-state index in [2.05, 4.69) is 10.2 Å². The molecule has 27 heavy (non-hydrogen) atoms. The van der Waals surface area contributed by atoms with Crippen molar-refractivity contribution in [3.8, 4) is 0 Å². The van der Waals surface area contributed by atoms with Gasteiger partial charge >= 0.3 is 0 Å². The molecule has 0 unspecified atom stereocenters. The summed E-state index contributed by atoms with van der Waals surface area (Å²) in [5, 5.41) is 2.85. The summed E-state index contributed by atoms with van der Waals surface area (Å²) in [6, 6.07) is 2.76. The number of carbonyl (C=O) groups excluding carboxylic acids is 2. The molecule has 8 heteroatoms. The maximum atomic E-state index is 13.0. The minimum Gasteiger partial charge on any atom is -0.459 e. The van der Waals surface area contributed by atoms with Crippen molar-refractivity contribution in [2.24, 2.45) is 0 Å². The number of hydrogen-bond acceptors (Lipinski definition) is 6. The predicted octanol–water partition coefficient (Wildman–Crippen LogP) is 1.45. The molecule has 0 saturated carbocycles. The van der Waals surface area contributed by atoms with Gasteiger partial charge in [-0.2, -0.15) is 11.8 Å². The quantitative estimate of drug-likeness (QED) is 0.718. The van der Waals surface area contributed by atoms with Crippen molar-refractivity contribution in [2.45, 2.75) is 31.4 Å². The largest absolute Gasteiger partial charge is 0.459 e. The summed E-state index contributed by atoms with van der Waals surface area (Å²) in [5.41, 5.74) is 0. The second-order valence-corrected chi connectivity index (χ2v) is 8.03. The van der Waals surface area contributed by atoms with E-state index in [0.29, 0.717) is 25.6 Å². The highest BCUT2D eigenvalue weighted by Gasteiger charge is 2.30. The Labute approximate surface area is 164 Å². The second kappa shape index (κ2) is 10.1. The van der Waals surface area contributed by atoms with Crippen LogP contribution in [0.15, 0.2) is 22.8 Å². The number of furan rings is 1. The van der Waals surface area contributed by atoms with Gasteiger partial charge in [-0.1, -0.05) is 0 Å². The van der Waals surface area contributed by atoms with Gasteiger partial charge in [-0.05, 0) is 43.4 Å². The summed E-state index contributed by atoms with van der Waals surface area (Å²) < 4.78 is 10.9. The van der Waals surface area contributed by atoms with Crippen molar-refractivity contribution >= 4 is 23.6 Å². The molecule has 150 valence electrons. The fraction of sp³-hybridized carbons (Fsp3) is 0.684. The van der Waals surface area contributed by atoms with E-state index in [-0.39, 0.29) is 17.6 Å². The van der Waals surface area contributed by atoms with Crippen LogP contribution in [0, 0.1) is 0 Å². The number of piperazine rings is 1. The topological polar surface area (TPSA) is 75.0 Å². The van der Waals surface area contributed by atoms with Gasteiger partial charge in [0.25, 0.3) is 5.91 Å². The van der Waals surface area contributed by atoms with Crippen LogP contribution >= 0.6 is 11.8 Å². The van der Waals surface area contributed by atoms with Crippen molar-refractivity contribution < 1.29 is 18.7 Å². The van der Waals surface area contributed by atoms with Crippen molar-refractivity contribution in [2.75, 3.05) is 51.3 Å². The molecule has 2 atom stereocenters. The molecule has 2 aliphatic rings. The number of hydrogen-bond donors (Lipinski definition) is 1. The molecular formula is C19H29N3O4S. The molecular weight excluding hydrogens is 366 g/mol. The monoisotopic (exact) mass is 395 g/mol. The molecule has 1 aromatic heterocycles. The van der Waals surface area contributed by atoms with E-state index in [4.69, 9.17) is 9.15 Å². The highest BCUT2D eigenvalue weighted by Crippen LogP contribution is 2.15. The summed E-state index contributed by atoms with van der Waals surface area (Å²) in [6.45, 7) is 4.92. The van der Waals surface area contributed by atoms with Gasteiger partial charge < -0.3 is 19.4 Å². The van der Waals surface area contributed by atoms with Crippen molar-refractivity contribution in [3.05, 3.63) is 24.2 Å². The van der Waals surface area contributed by atoms with Crippen LogP contribution in [-0.4, -0.2) is 85.1 Å². The molecule has 2 aliphatic heterocycles. The first-order chi connectivity index (χ1) is 13.2. The summed E-state index contributed by atoms with van der Waals surface area (Å²) >= 11 is 1.67. The van der Waals surface area contributed by atoms with Crippen LogP contribution in [0.1, 0.15) is 29.8 Å². The smallest absolute Gasteiger partial charge is 0.287 e. The zero-order chi connectivity index (χ0) is 19.1. The first-order valence-corrected chi connectivity index (χ1v) is 11.0. The van der Waals surface area contributed by atoms with Gasteiger partial charge in [0.15, 0.2) is 5.76 Å². The normalized spacial score (nSPS) is 22.0. The molecule has 2 saturated heterocycles. The number of rotatable bonds is 8. The Morgan fingerprint density at radius 1 is 1.33 bits per heavy atom. The minimum atomic E-state index is -0.514. The Bertz CT molecular complexity index is 596. The lowest BCUT2D eigenvalue weighted by Gasteiger charge is -2.37. The molecule has 0 radical (unpaired) electrons. The van der Waals surface area contributed by atoms with Gasteiger partial charge in [0, 0.05) is 39.3 Å². The fourth-order valence-corrected chi connectivity index (χ4v) is 4.05. The van der Waals surface area contributed by atoms with E-state index in [9.17, 15) is 9.59 Å². The van der Waals surface area contributed by atoms with Gasteiger partial charge in [0.1, 0.15) is 6.04 Å². The van der Waals surface area contributed by atoms with E-state index >= 15 is 0 Å². The number of ether oxygens (including phenoxy) is 1. The average Bonchev–Trinajstić information content (AvgIpc) is 3.39. The van der Waals surface area contributed by atoms with Gasteiger partial charge in [0.2, 0.25) is 5.91 Å². The summed E-state index contributed by atoms with van der Waals surface area (Å²) in [6.07, 6.45) is 6.70. The van der Waals surface area contributed by atoms with E-state index in [1.165, 1.54) is 6.26 Å². The lowest BCUT2D eigenvalue weighted by atomic mass is 10.1. The average molecular weight is 396 g/mol. The van der Waals surface area contributed by atoms with E-state index in [1.807, 2.05) is 11.2 Å². The minimum absolute atomic E-state index is 0.000669. The molecule has 1 N–H and O–H groups in total. The SMILES string of the molecule is CSCC[C@@H](NC(=O)c1ccco1)C(=O)N1CCN(C[C@H]2CCCO2)CC1. The van der Waals surface area contributed by atoms with Gasteiger partial charge in [-0.25, -0.2) is 0 Å². The third-order valence-corrected chi connectivity index (χ3v) is 5.77. The van der Waals surface area contributed by atoms with Crippen LogP contribution in [0.25, 0.3) is 0 Å². The van der Waals surface area contributed by atoms with Gasteiger partial charge in [-0.3, -0.25) is 14.5 Å². The van der Waals surface area contributed by atoms with Crippen molar-refractivity contribution in [3.63, 3.8) is 0 Å². The molecule has 0 spiro atoms. The van der Waals surface area contributed by atoms with E-state index in [1.54, 1.807) is 23.9 Å². The number of thioether (sulfide) groups is 1. The highest BCUT2D eigenvalue weighted by molar-refractivity contribution is 7.98. The number of carbonyl (C=O) groups is 2. The molecule has 1 aromatic rings. The van der Waals surface area contributed by atoms with Gasteiger partial charge in [0.05, 0.1) is 12.4 Å². The molecule has 2 amide bonds. The highest BCUT2D eigenvalue weighted by atomic mass is 32.2. The fourth-order valence-electron chi connectivity index (χ4n) is 3.58. The Hall–Kier alpha value is -1.51. The Balaban J connectivity index is 1.51. The molecule has 0 aliphatic carbocycles. The lowest BCUT2D eigenvalue weighted by Crippen LogP contribution is -2.55. The molecule has 3 heterocycles. The molecule has 0 bridgehead atoms. The lowest BCUT2D eigenvalue weighted by molar-refractivity contribution is -0.135. The molecule has 7 nitrogen and oxygen atoms in total. The van der Waals surface area contributed by atoms with Gasteiger partial charge in [-0.15, -0.1) is 0 Å². The van der Waals surface area contributed by atoms with Crippen LogP contribution in [0.3, 0.4) is 0 Å². The Morgan fingerprint density at radius 3 is 2.78 bits per heavy atom. The van der Waals surface area contributed by atoms with Crippen LogP contribution in [0.5, 0.6) is 0 Å². The maximum absolute atomic E-state index is 13.0. The van der Waals surface area contributed by atoms with Crippen molar-refractivity contribution in [1.82, 2.24) is 15.1 Å². The first kappa shape index (κ1) is 20.2. The summed E-state index contributed by atoms with van der Waals surface area (Å²) in [7, 11) is 0. The Kier molecular flexibility index (Phi) is 7.60. The van der Waals surface area contributed by atoms with E-state index in [0.717, 1.165) is 44.8 Å². The third kappa shape index (κ3) is 5.73. The van der Waals surface area contributed by atoms with E-state index < -0.39 is 6.04 Å². The maximum Gasteiger partial charge on any atom is 0.287 e. The van der Waals surface area contributed by atoms with Crippen molar-refractivity contribution in [1.29, 1.82) is 0 Å². The standard InChI is InChI=1S/C19H29N3O4S/c1-27-13-6-16(20-18(23)17-5-3-12-26-17)19(24)22-9-7-21(8-10-22)14-15-4-2-11-25-15/h3,5,12,15-16H,2,4,6-11,13-14H2,1H3,(H,20,23)/t15-,16-/m1/s1. The number of nitrogens with zero attached hydrogens (tertiary/aromatic N) is 2. The molecule has 2 fully saturated rings. The summed E-state index contributed by atoms with van der Waals surface area (Å²) in [4.78, 5) is 29.5. The van der Waals surface area contributed by atoms with Crippen LogP contribution in [0.2, 0.25) is 0 Å². The zero-order valence-corrected chi connectivity index (χ0v) is 16.7. The zero-order valence-electron chi connectivity index (χ0n) is 15.9. The molecule has 3 rings (SSSR count). The third-order valence-electron chi connectivity index (χ3n) is 5.13. The van der Waals surface area contributed by atoms with Crippen LogP contribution in [-0.2, 0) is 9.53 Å². The van der Waals surface area contributed by atoms with Crippen LogP contribution in [0.4, 0.5) is 0 Å². The molecule has 0 aromatic carbocycles. The number of nitrogens with one attached hydrogen (secondary N) is 1. The predicted molar refractivity (Wildman–Crippen MR) is 105 cm³/mol. The van der Waals surface area contributed by atoms with Crippen LogP contribution < -0.4 is 5.32 Å². The summed E-state index contributed by atoms with van der Waals surface area (Å²) in [5.74, 6) is 0.712. The number of amides is 2.